The van der Waals surface area contributed by atoms with Gasteiger partial charge in [-0.2, -0.15) is 0 Å². The molecule has 0 unspecified atom stereocenters. The molecule has 1 N–H and O–H groups in total. The van der Waals surface area contributed by atoms with Crippen molar-refractivity contribution in [2.24, 2.45) is 0 Å². The van der Waals surface area contributed by atoms with Gasteiger partial charge < -0.3 is 9.88 Å². The number of nitrogens with one attached hydrogen (secondary N) is 1. The SMILES string of the molecule is O=C(NC1CCCCC1)c1c(-c2ccc(Cl)cc2)c2c3n(c(-c4ccc(Cl)c(Cl)c4)cn13)CCCC2. The maximum absolute atomic E-state index is 14.0. The Bertz CT molecular complexity index is 1450. The number of carbonyl (C=O) groups is 1. The van der Waals surface area contributed by atoms with Gasteiger partial charge in [-0.05, 0) is 61.9 Å². The minimum atomic E-state index is -0.00786. The van der Waals surface area contributed by atoms with Crippen LogP contribution in [0.25, 0.3) is 28.0 Å². The molecule has 0 spiro atoms. The molecular formula is C29H28Cl3N3O. The molecule has 36 heavy (non-hydrogen) atoms. The molecule has 4 aromatic rings. The quantitative estimate of drug-likeness (QED) is 0.277. The number of hydrogen-bond acceptors (Lipinski definition) is 1. The van der Waals surface area contributed by atoms with Crippen molar-refractivity contribution in [2.45, 2.75) is 64.0 Å². The lowest BCUT2D eigenvalue weighted by Gasteiger charge is -2.23. The second-order valence-corrected chi connectivity index (χ2v) is 11.2. The standard InChI is InChI=1S/C29H28Cl3N3O/c30-20-12-9-18(10-13-20)26-22-8-4-5-15-34-25(19-11-14-23(31)24(32)16-19)17-35(29(22)34)27(26)28(36)33-21-6-2-1-3-7-21/h9-14,16-17,21H,1-8,15H2,(H,33,36). The van der Waals surface area contributed by atoms with Crippen LogP contribution in [0.2, 0.25) is 15.1 Å². The van der Waals surface area contributed by atoms with Gasteiger partial charge in [0.05, 0.1) is 15.7 Å². The highest BCUT2D eigenvalue weighted by Gasteiger charge is 2.30. The normalized spacial score (nSPS) is 16.3. The van der Waals surface area contributed by atoms with Crippen molar-refractivity contribution in [2.75, 3.05) is 0 Å². The predicted molar refractivity (Wildman–Crippen MR) is 149 cm³/mol. The van der Waals surface area contributed by atoms with Gasteiger partial charge in [0.25, 0.3) is 5.91 Å². The van der Waals surface area contributed by atoms with E-state index in [2.05, 4.69) is 20.5 Å². The van der Waals surface area contributed by atoms with Gasteiger partial charge in [0.15, 0.2) is 0 Å². The largest absolute Gasteiger partial charge is 0.348 e. The number of halogens is 3. The topological polar surface area (TPSA) is 38.4 Å². The highest BCUT2D eigenvalue weighted by atomic mass is 35.5. The molecule has 1 amide bonds. The third-order valence-corrected chi connectivity index (χ3v) is 8.63. The number of aryl methyl sites for hydroxylation is 2. The minimum absolute atomic E-state index is 0.00786. The van der Waals surface area contributed by atoms with E-state index in [1.165, 1.54) is 24.8 Å². The summed E-state index contributed by atoms with van der Waals surface area (Å²) in [6.07, 6.45) is 10.8. The van der Waals surface area contributed by atoms with Crippen molar-refractivity contribution in [1.29, 1.82) is 0 Å². The maximum atomic E-state index is 14.0. The molecule has 1 aliphatic carbocycles. The van der Waals surface area contributed by atoms with Crippen molar-refractivity contribution < 1.29 is 4.79 Å². The van der Waals surface area contributed by atoms with Crippen LogP contribution in [0.15, 0.2) is 48.7 Å². The zero-order chi connectivity index (χ0) is 24.8. The van der Waals surface area contributed by atoms with Crippen LogP contribution in [-0.2, 0) is 13.0 Å². The summed E-state index contributed by atoms with van der Waals surface area (Å²) in [5.41, 5.74) is 7.09. The third-order valence-electron chi connectivity index (χ3n) is 7.64. The predicted octanol–water partition coefficient (Wildman–Crippen LogP) is 8.43. The summed E-state index contributed by atoms with van der Waals surface area (Å²) in [5.74, 6) is -0.00786. The van der Waals surface area contributed by atoms with E-state index in [9.17, 15) is 4.79 Å². The zero-order valence-electron chi connectivity index (χ0n) is 20.0. The van der Waals surface area contributed by atoms with Crippen LogP contribution in [0.3, 0.4) is 0 Å². The van der Waals surface area contributed by atoms with Crippen LogP contribution >= 0.6 is 34.8 Å². The van der Waals surface area contributed by atoms with Gasteiger partial charge >= 0.3 is 0 Å². The van der Waals surface area contributed by atoms with E-state index in [-0.39, 0.29) is 11.9 Å². The fourth-order valence-electron chi connectivity index (χ4n) is 5.92. The lowest BCUT2D eigenvalue weighted by atomic mass is 9.94. The smallest absolute Gasteiger partial charge is 0.269 e. The van der Waals surface area contributed by atoms with Crippen molar-refractivity contribution in [3.8, 4) is 22.4 Å². The molecule has 0 atom stereocenters. The Hall–Kier alpha value is -2.40. The van der Waals surface area contributed by atoms with Gasteiger partial charge in [-0.25, -0.2) is 0 Å². The highest BCUT2D eigenvalue weighted by molar-refractivity contribution is 6.42. The fourth-order valence-corrected chi connectivity index (χ4v) is 6.35. The Balaban J connectivity index is 1.58. The molecule has 1 fully saturated rings. The molecule has 1 aliphatic heterocycles. The third kappa shape index (κ3) is 4.23. The monoisotopic (exact) mass is 539 g/mol. The van der Waals surface area contributed by atoms with E-state index in [1.54, 1.807) is 0 Å². The molecule has 1 saturated carbocycles. The van der Waals surface area contributed by atoms with Gasteiger partial charge in [-0.15, -0.1) is 0 Å². The van der Waals surface area contributed by atoms with Gasteiger partial charge in [-0.1, -0.05) is 72.3 Å². The summed E-state index contributed by atoms with van der Waals surface area (Å²) in [5, 5.41) is 5.12. The number of rotatable bonds is 4. The molecule has 0 saturated heterocycles. The zero-order valence-corrected chi connectivity index (χ0v) is 22.3. The molecule has 2 aromatic heterocycles. The van der Waals surface area contributed by atoms with E-state index < -0.39 is 0 Å². The fraction of sp³-hybridized carbons (Fsp3) is 0.345. The van der Waals surface area contributed by atoms with Crippen LogP contribution < -0.4 is 5.32 Å². The van der Waals surface area contributed by atoms with Gasteiger partial charge in [0.2, 0.25) is 0 Å². The average Bonchev–Trinajstić information content (AvgIpc) is 3.30. The summed E-state index contributed by atoms with van der Waals surface area (Å²) in [6.45, 7) is 0.882. The molecule has 186 valence electrons. The summed E-state index contributed by atoms with van der Waals surface area (Å²) in [7, 11) is 0. The maximum Gasteiger partial charge on any atom is 0.269 e. The lowest BCUT2D eigenvalue weighted by molar-refractivity contribution is 0.0922. The Morgan fingerprint density at radius 1 is 0.861 bits per heavy atom. The summed E-state index contributed by atoms with van der Waals surface area (Å²) in [6, 6.07) is 13.8. The van der Waals surface area contributed by atoms with Crippen molar-refractivity contribution >= 4 is 46.4 Å². The summed E-state index contributed by atoms with van der Waals surface area (Å²) in [4.78, 5) is 14.0. The first-order valence-electron chi connectivity index (χ1n) is 12.8. The summed E-state index contributed by atoms with van der Waals surface area (Å²) < 4.78 is 4.46. The first-order chi connectivity index (χ1) is 17.5. The Labute approximate surface area is 226 Å². The minimum Gasteiger partial charge on any atom is -0.348 e. The number of carbonyl (C=O) groups excluding carboxylic acids is 1. The van der Waals surface area contributed by atoms with Crippen LogP contribution in [0.1, 0.15) is 61.0 Å². The van der Waals surface area contributed by atoms with Crippen LogP contribution in [0.4, 0.5) is 0 Å². The molecule has 0 bridgehead atoms. The number of amides is 1. The lowest BCUT2D eigenvalue weighted by Crippen LogP contribution is -2.37. The molecule has 2 aromatic carbocycles. The Morgan fingerprint density at radius 3 is 2.36 bits per heavy atom. The molecular weight excluding hydrogens is 513 g/mol. The van der Waals surface area contributed by atoms with E-state index >= 15 is 0 Å². The highest BCUT2D eigenvalue weighted by Crippen LogP contribution is 2.40. The molecule has 4 nitrogen and oxygen atoms in total. The van der Waals surface area contributed by atoms with Crippen LogP contribution in [0, 0.1) is 0 Å². The Morgan fingerprint density at radius 2 is 1.61 bits per heavy atom. The van der Waals surface area contributed by atoms with Crippen molar-refractivity contribution in [3.05, 3.63) is 75.0 Å². The molecule has 0 radical (unpaired) electrons. The van der Waals surface area contributed by atoms with E-state index in [4.69, 9.17) is 34.8 Å². The first-order valence-corrected chi connectivity index (χ1v) is 13.9. The second-order valence-electron chi connectivity index (χ2n) is 9.96. The van der Waals surface area contributed by atoms with Crippen molar-refractivity contribution in [3.63, 3.8) is 0 Å². The molecule has 7 heteroatoms. The molecule has 6 rings (SSSR count). The number of hydrogen-bond donors (Lipinski definition) is 1. The van der Waals surface area contributed by atoms with E-state index in [1.807, 2.05) is 42.5 Å². The van der Waals surface area contributed by atoms with E-state index in [0.717, 1.165) is 66.7 Å². The average molecular weight is 541 g/mol. The number of imidazole rings is 1. The van der Waals surface area contributed by atoms with E-state index in [0.29, 0.717) is 20.8 Å². The van der Waals surface area contributed by atoms with Crippen LogP contribution in [-0.4, -0.2) is 20.9 Å². The number of benzene rings is 2. The van der Waals surface area contributed by atoms with Gasteiger partial charge in [0, 0.05) is 40.5 Å². The Kier molecular flexibility index (Phi) is 6.53. The second kappa shape index (κ2) is 9.81. The van der Waals surface area contributed by atoms with Crippen LogP contribution in [0.5, 0.6) is 0 Å². The summed E-state index contributed by atoms with van der Waals surface area (Å²) >= 11 is 18.8. The molecule has 2 aliphatic rings. The van der Waals surface area contributed by atoms with Gasteiger partial charge in [0.1, 0.15) is 11.3 Å². The van der Waals surface area contributed by atoms with Gasteiger partial charge in [-0.3, -0.25) is 9.20 Å². The number of aromatic nitrogens is 2. The van der Waals surface area contributed by atoms with Crippen molar-refractivity contribution in [1.82, 2.24) is 14.3 Å². The number of nitrogens with zero attached hydrogens (tertiary/aromatic N) is 2. The molecule has 3 heterocycles. The first kappa shape index (κ1) is 24.0.